The summed E-state index contributed by atoms with van der Waals surface area (Å²) in [6.45, 7) is 6.22. The van der Waals surface area contributed by atoms with Gasteiger partial charge in [0, 0.05) is 24.8 Å². The molecule has 10 rings (SSSR count). The van der Waals surface area contributed by atoms with Crippen LogP contribution in [-0.4, -0.2) is 37.9 Å². The Morgan fingerprint density at radius 1 is 0.429 bits per heavy atom. The zero-order valence-electron chi connectivity index (χ0n) is 34.8. The maximum absolute atomic E-state index is 5.05. The van der Waals surface area contributed by atoms with Gasteiger partial charge in [0.1, 0.15) is 0 Å². The number of fused-ring (bicyclic) bond motifs is 3. The number of hydrogen-bond donors (Lipinski definition) is 0. The Balaban J connectivity index is 0.00000272. The third-order valence-electron chi connectivity index (χ3n) is 11.4. The smallest absolute Gasteiger partial charge is 0.328 e. The summed E-state index contributed by atoms with van der Waals surface area (Å²) in [4.78, 5) is 19.4. The third-order valence-corrected chi connectivity index (χ3v) is 11.4. The van der Waals surface area contributed by atoms with Gasteiger partial charge in [-0.05, 0) is 34.5 Å². The Labute approximate surface area is 398 Å². The molecule has 63 heavy (non-hydrogen) atoms. The normalized spacial score (nSPS) is 11.2. The summed E-state index contributed by atoms with van der Waals surface area (Å²) < 4.78 is 2.14. The van der Waals surface area contributed by atoms with E-state index in [1.807, 2.05) is 61.2 Å². The first-order chi connectivity index (χ1) is 29.9. The van der Waals surface area contributed by atoms with Crippen molar-refractivity contribution in [2.24, 2.45) is 0 Å². The Bertz CT molecular complexity index is 2940. The summed E-state index contributed by atoms with van der Waals surface area (Å²) in [6.07, 6.45) is 7.54. The molecule has 0 aliphatic heterocycles. The minimum Gasteiger partial charge on any atom is -0.328 e. The van der Waals surface area contributed by atoms with E-state index in [9.17, 15) is 0 Å². The van der Waals surface area contributed by atoms with Gasteiger partial charge < -0.3 is 14.5 Å². The van der Waals surface area contributed by atoms with Crippen molar-refractivity contribution in [2.75, 3.05) is 0 Å². The fourth-order valence-electron chi connectivity index (χ4n) is 8.25. The van der Waals surface area contributed by atoms with Crippen LogP contribution in [0.25, 0.3) is 50.3 Å². The predicted octanol–water partition coefficient (Wildman–Crippen LogP) is 7.22. The van der Waals surface area contributed by atoms with E-state index in [-0.39, 0.29) is 61.0 Å². The van der Waals surface area contributed by atoms with Crippen LogP contribution in [0.1, 0.15) is 26.3 Å². The van der Waals surface area contributed by atoms with E-state index in [1.54, 1.807) is 0 Å². The monoisotopic (exact) mass is 1170 g/mol. The fourth-order valence-corrected chi connectivity index (χ4v) is 8.25. The van der Waals surface area contributed by atoms with Crippen LogP contribution in [0.4, 0.5) is 0 Å². The molecule has 0 saturated carbocycles. The van der Waals surface area contributed by atoms with Gasteiger partial charge in [-0.25, -0.2) is 9.97 Å². The first-order valence-corrected chi connectivity index (χ1v) is 20.6. The van der Waals surface area contributed by atoms with E-state index in [0.29, 0.717) is 5.95 Å². The molecule has 0 unspecified atom stereocenters. The van der Waals surface area contributed by atoms with Crippen molar-refractivity contribution >= 4 is 68.0 Å². The van der Waals surface area contributed by atoms with E-state index >= 15 is 0 Å². The van der Waals surface area contributed by atoms with E-state index < -0.39 is 0 Å². The Kier molecular flexibility index (Phi) is 13.0. The average molecular weight is 1170 g/mol. The van der Waals surface area contributed by atoms with Gasteiger partial charge in [0.15, 0.2) is 13.4 Å². The summed E-state index contributed by atoms with van der Waals surface area (Å²) in [5.41, 5.74) is 12.7. The van der Waals surface area contributed by atoms with Gasteiger partial charge in [0.2, 0.25) is 5.95 Å². The molecule has 0 amide bonds. The Hall–Kier alpha value is -5.99. The molecule has 4 heterocycles. The van der Waals surface area contributed by atoms with Crippen LogP contribution in [-0.2, 0) is 47.5 Å². The van der Waals surface area contributed by atoms with Crippen molar-refractivity contribution in [3.8, 4) is 28.5 Å². The number of rotatable bonds is 9. The maximum atomic E-state index is 5.05. The van der Waals surface area contributed by atoms with Crippen molar-refractivity contribution in [1.82, 2.24) is 24.5 Å². The summed E-state index contributed by atoms with van der Waals surface area (Å²) in [5.74, 6) is 0.565. The number of pyridine rings is 2. The summed E-state index contributed by atoms with van der Waals surface area (Å²) >= 11 is 0. The number of hydrogen-bond acceptors (Lipinski definition) is 4. The van der Waals surface area contributed by atoms with Crippen LogP contribution in [0.3, 0.4) is 0 Å². The summed E-state index contributed by atoms with van der Waals surface area (Å²) in [5, 5.41) is 2.09. The molecule has 9 heteroatoms. The van der Waals surface area contributed by atoms with Gasteiger partial charge in [0.05, 0.1) is 0 Å². The molecule has 10 aromatic rings. The zero-order chi connectivity index (χ0) is 41.3. The molecule has 0 atom stereocenters. The van der Waals surface area contributed by atoms with E-state index in [2.05, 4.69) is 181 Å². The number of nitrogens with zero attached hydrogens (tertiary/aromatic N) is 5. The van der Waals surface area contributed by atoms with Crippen LogP contribution in [0.5, 0.6) is 0 Å². The van der Waals surface area contributed by atoms with Crippen LogP contribution < -0.4 is 32.8 Å². The van der Waals surface area contributed by atoms with E-state index in [1.165, 1.54) is 0 Å². The summed E-state index contributed by atoms with van der Waals surface area (Å²) in [6, 6.07) is 69.9. The number of benzene rings is 6. The first-order valence-electron chi connectivity index (χ1n) is 20.6. The minimum atomic E-state index is -0.158. The molecule has 0 radical (unpaired) electrons. The van der Waals surface area contributed by atoms with Crippen molar-refractivity contribution in [3.05, 3.63) is 212 Å². The predicted molar refractivity (Wildman–Crippen MR) is 252 cm³/mol. The SMILES string of the molecule is CC(C)(C)c1cnc(-n2c3[c-]c(B(c4[c-]c(-c5ccccn5)ccc4)c4ccccc4)ccc3c3ccc(B(c4[c-]c(-c5ccccn5)ccc4)c4ccccc4)[c-]c32)nc1.[Pt+2].[Pt+2]. The quantitative estimate of drug-likeness (QED) is 0.113. The Morgan fingerprint density at radius 3 is 1.27 bits per heavy atom. The molecule has 6 aromatic carbocycles. The molecule has 5 nitrogen and oxygen atoms in total. The molecule has 4 aromatic heterocycles. The molecule has 0 fully saturated rings. The van der Waals surface area contributed by atoms with Crippen LogP contribution in [0.15, 0.2) is 183 Å². The van der Waals surface area contributed by atoms with Gasteiger partial charge in [0.25, 0.3) is 0 Å². The summed E-state index contributed by atoms with van der Waals surface area (Å²) in [7, 11) is 0. The fraction of sp³-hybridized carbons (Fsp3) is 0.0741. The first kappa shape index (κ1) is 43.6. The van der Waals surface area contributed by atoms with Gasteiger partial charge >= 0.3 is 42.1 Å². The Morgan fingerprint density at radius 2 is 0.857 bits per heavy atom. The van der Waals surface area contributed by atoms with Crippen molar-refractivity contribution in [1.29, 1.82) is 0 Å². The largest absolute Gasteiger partial charge is 2.00 e. The van der Waals surface area contributed by atoms with Crippen molar-refractivity contribution in [2.45, 2.75) is 26.2 Å². The zero-order valence-corrected chi connectivity index (χ0v) is 39.4. The van der Waals surface area contributed by atoms with Gasteiger partial charge in [-0.3, -0.25) is 0 Å². The van der Waals surface area contributed by atoms with E-state index in [4.69, 9.17) is 9.97 Å². The van der Waals surface area contributed by atoms with Crippen LogP contribution in [0.2, 0.25) is 0 Å². The van der Waals surface area contributed by atoms with E-state index in [0.717, 1.165) is 82.7 Å². The second-order valence-electron chi connectivity index (χ2n) is 16.4. The minimum absolute atomic E-state index is 0. The molecule has 0 saturated heterocycles. The molecular weight excluding hydrogens is 1130 g/mol. The topological polar surface area (TPSA) is 56.5 Å². The standard InChI is InChI=1S/C54H39B2N5.2Pt/c1-54(2,3)40-36-59-53(60-37-40)61-51-34-45(55(41-18-6-4-7-19-41)43-22-14-16-38(32-43)49-24-10-12-30-57-49)26-28-47(51)48-29-27-46(35-52(48)61)56(42-20-8-5-9-21-42)44-23-15-17-39(33-44)50-25-11-13-31-58-50;;/h4-31,36-37H,1-3H3;;/q-4;2*+2. The van der Waals surface area contributed by atoms with Crippen LogP contribution >= 0.6 is 0 Å². The second kappa shape index (κ2) is 18.8. The maximum Gasteiger partial charge on any atom is 2.00 e. The second-order valence-corrected chi connectivity index (χ2v) is 16.4. The molecular formula is C54H39B2N5Pt2. The molecule has 306 valence electrons. The van der Waals surface area contributed by atoms with Gasteiger partial charge in [-0.1, -0.05) is 128 Å². The number of aromatic nitrogens is 5. The van der Waals surface area contributed by atoms with Crippen LogP contribution in [0, 0.1) is 24.3 Å². The third kappa shape index (κ3) is 8.83. The van der Waals surface area contributed by atoms with Crippen molar-refractivity contribution < 1.29 is 42.1 Å². The van der Waals surface area contributed by atoms with Gasteiger partial charge in [-0.2, -0.15) is 69.0 Å². The van der Waals surface area contributed by atoms with Gasteiger partial charge in [-0.15, -0.1) is 59.7 Å². The van der Waals surface area contributed by atoms with Crippen molar-refractivity contribution in [3.63, 3.8) is 0 Å². The molecule has 0 aliphatic rings. The molecule has 0 spiro atoms. The average Bonchev–Trinajstić information content (AvgIpc) is 3.63. The molecule has 0 N–H and O–H groups in total. The molecule has 0 bridgehead atoms. The molecule has 0 aliphatic carbocycles.